The summed E-state index contributed by atoms with van der Waals surface area (Å²) in [5.41, 5.74) is 0. The number of nitrogens with one attached hydrogen (secondary N) is 1. The highest BCUT2D eigenvalue weighted by atomic mass is 35.5. The number of thiazole rings is 1. The molecule has 0 aliphatic carbocycles. The molecule has 1 aliphatic heterocycles. The minimum absolute atomic E-state index is 0.276. The zero-order valence-corrected chi connectivity index (χ0v) is 11.8. The van der Waals surface area contributed by atoms with Crippen molar-refractivity contribution in [1.82, 2.24) is 15.2 Å². The summed E-state index contributed by atoms with van der Waals surface area (Å²) in [5.74, 6) is 0.276. The van der Waals surface area contributed by atoms with Crippen LogP contribution in [-0.4, -0.2) is 42.2 Å². The zero-order valence-electron chi connectivity index (χ0n) is 10.2. The van der Waals surface area contributed by atoms with Crippen molar-refractivity contribution in [2.24, 2.45) is 5.92 Å². The van der Waals surface area contributed by atoms with Gasteiger partial charge in [0.1, 0.15) is 9.34 Å². The van der Waals surface area contributed by atoms with Gasteiger partial charge >= 0.3 is 6.18 Å². The number of nitrogens with zero attached hydrogens (tertiary/aromatic N) is 2. The van der Waals surface area contributed by atoms with E-state index in [4.69, 9.17) is 11.6 Å². The van der Waals surface area contributed by atoms with E-state index in [0.717, 1.165) is 11.4 Å². The van der Waals surface area contributed by atoms with Crippen LogP contribution in [0.25, 0.3) is 0 Å². The van der Waals surface area contributed by atoms with E-state index in [1.54, 1.807) is 6.20 Å². The summed E-state index contributed by atoms with van der Waals surface area (Å²) in [7, 11) is 0. The number of rotatable bonds is 5. The Bertz CT molecular complexity index is 410. The molecule has 0 bridgehead atoms. The van der Waals surface area contributed by atoms with Crippen LogP contribution < -0.4 is 5.32 Å². The number of likely N-dealkylation sites (tertiary alicyclic amines) is 1. The molecule has 3 nitrogen and oxygen atoms in total. The average Bonchev–Trinajstić information content (AvgIpc) is 2.86. The van der Waals surface area contributed by atoms with Crippen LogP contribution >= 0.6 is 22.9 Å². The zero-order chi connectivity index (χ0) is 13.9. The first-order valence-electron chi connectivity index (χ1n) is 6.02. The fourth-order valence-corrected chi connectivity index (χ4v) is 3.16. The number of hydrogen-bond acceptors (Lipinski definition) is 4. The van der Waals surface area contributed by atoms with Crippen molar-refractivity contribution in [2.75, 3.05) is 26.2 Å². The summed E-state index contributed by atoms with van der Waals surface area (Å²) in [6.07, 6.45) is -1.69. The van der Waals surface area contributed by atoms with Gasteiger partial charge in [0.25, 0.3) is 0 Å². The molecule has 1 aliphatic rings. The van der Waals surface area contributed by atoms with Crippen molar-refractivity contribution in [3.8, 4) is 0 Å². The molecule has 2 heterocycles. The quantitative estimate of drug-likeness (QED) is 0.906. The van der Waals surface area contributed by atoms with Crippen molar-refractivity contribution in [2.45, 2.75) is 19.1 Å². The van der Waals surface area contributed by atoms with Crippen LogP contribution in [0.15, 0.2) is 6.20 Å². The first-order chi connectivity index (χ1) is 8.92. The lowest BCUT2D eigenvalue weighted by atomic mass is 10.1. The van der Waals surface area contributed by atoms with E-state index in [0.29, 0.717) is 30.5 Å². The van der Waals surface area contributed by atoms with Gasteiger partial charge in [0, 0.05) is 13.1 Å². The maximum absolute atomic E-state index is 12.2. The number of aromatic nitrogens is 1. The largest absolute Gasteiger partial charge is 0.401 e. The van der Waals surface area contributed by atoms with E-state index in [1.807, 2.05) is 0 Å². The van der Waals surface area contributed by atoms with E-state index in [2.05, 4.69) is 10.3 Å². The fourth-order valence-electron chi connectivity index (χ4n) is 2.23. The van der Waals surface area contributed by atoms with Crippen LogP contribution in [0.2, 0.25) is 4.34 Å². The standard InChI is InChI=1S/C11H15ClF3N3S/c12-9-4-17-10(19-9)5-16-3-8-1-2-18(6-8)7-11(13,14)15/h4,8,16H,1-3,5-7H2. The molecule has 1 aromatic heterocycles. The minimum Gasteiger partial charge on any atom is -0.310 e. The van der Waals surface area contributed by atoms with Crippen LogP contribution in [0.5, 0.6) is 0 Å². The van der Waals surface area contributed by atoms with Crippen molar-refractivity contribution < 1.29 is 13.2 Å². The monoisotopic (exact) mass is 313 g/mol. The Labute approximate surface area is 118 Å². The molecule has 1 unspecified atom stereocenters. The minimum atomic E-state index is -4.10. The molecule has 108 valence electrons. The second-order valence-electron chi connectivity index (χ2n) is 4.69. The van der Waals surface area contributed by atoms with Gasteiger partial charge in [0.15, 0.2) is 0 Å². The molecular formula is C11H15ClF3N3S. The predicted octanol–water partition coefficient (Wildman–Crippen LogP) is 2.77. The van der Waals surface area contributed by atoms with Gasteiger partial charge in [-0.15, -0.1) is 11.3 Å². The first kappa shape index (κ1) is 15.0. The number of halogens is 4. The van der Waals surface area contributed by atoms with Gasteiger partial charge in [-0.3, -0.25) is 4.90 Å². The second-order valence-corrected chi connectivity index (χ2v) is 6.44. The first-order valence-corrected chi connectivity index (χ1v) is 7.22. The summed E-state index contributed by atoms with van der Waals surface area (Å²) >= 11 is 7.17. The third kappa shape index (κ3) is 5.25. The maximum atomic E-state index is 12.2. The van der Waals surface area contributed by atoms with Gasteiger partial charge in [-0.05, 0) is 25.4 Å². The van der Waals surface area contributed by atoms with Crippen LogP contribution in [0.3, 0.4) is 0 Å². The van der Waals surface area contributed by atoms with Crippen molar-refractivity contribution in [3.05, 3.63) is 15.5 Å². The van der Waals surface area contributed by atoms with E-state index >= 15 is 0 Å². The van der Waals surface area contributed by atoms with E-state index in [-0.39, 0.29) is 5.92 Å². The molecule has 1 fully saturated rings. The summed E-state index contributed by atoms with van der Waals surface area (Å²) in [4.78, 5) is 5.57. The Kier molecular flexibility index (Phi) is 5.05. The van der Waals surface area contributed by atoms with Gasteiger partial charge in [0.2, 0.25) is 0 Å². The molecule has 1 saturated heterocycles. The Morgan fingerprint density at radius 1 is 1.53 bits per heavy atom. The Balaban J connectivity index is 1.65. The van der Waals surface area contributed by atoms with Crippen LogP contribution in [-0.2, 0) is 6.54 Å². The molecule has 1 N–H and O–H groups in total. The third-order valence-electron chi connectivity index (χ3n) is 3.01. The van der Waals surface area contributed by atoms with Gasteiger partial charge in [-0.2, -0.15) is 13.2 Å². The smallest absolute Gasteiger partial charge is 0.310 e. The Hall–Kier alpha value is -0.370. The SMILES string of the molecule is FC(F)(F)CN1CCC(CNCc2ncc(Cl)s2)C1. The normalized spacial score (nSPS) is 21.2. The molecule has 0 aromatic carbocycles. The number of alkyl halides is 3. The molecule has 8 heteroatoms. The van der Waals surface area contributed by atoms with Gasteiger partial charge < -0.3 is 5.32 Å². The molecule has 1 aromatic rings. The number of hydrogen-bond donors (Lipinski definition) is 1. The summed E-state index contributed by atoms with van der Waals surface area (Å²) in [6.45, 7) is 1.56. The predicted molar refractivity (Wildman–Crippen MR) is 69.4 cm³/mol. The molecule has 0 radical (unpaired) electrons. The van der Waals surface area contributed by atoms with Gasteiger partial charge in [-0.25, -0.2) is 4.98 Å². The maximum Gasteiger partial charge on any atom is 0.401 e. The fraction of sp³-hybridized carbons (Fsp3) is 0.727. The van der Waals surface area contributed by atoms with Gasteiger partial charge in [0.05, 0.1) is 12.7 Å². The Morgan fingerprint density at radius 3 is 2.95 bits per heavy atom. The second kappa shape index (κ2) is 6.39. The third-order valence-corrected chi connectivity index (χ3v) is 4.12. The molecule has 0 amide bonds. The van der Waals surface area contributed by atoms with E-state index in [1.165, 1.54) is 16.2 Å². The highest BCUT2D eigenvalue weighted by molar-refractivity contribution is 7.15. The van der Waals surface area contributed by atoms with E-state index < -0.39 is 12.7 Å². The lowest BCUT2D eigenvalue weighted by Crippen LogP contribution is -2.33. The lowest BCUT2D eigenvalue weighted by molar-refractivity contribution is -0.143. The lowest BCUT2D eigenvalue weighted by Gasteiger charge is -2.17. The van der Waals surface area contributed by atoms with Crippen LogP contribution in [0, 0.1) is 5.92 Å². The van der Waals surface area contributed by atoms with Crippen LogP contribution in [0.4, 0.5) is 13.2 Å². The summed E-state index contributed by atoms with van der Waals surface area (Å²) in [6, 6.07) is 0. The molecule has 19 heavy (non-hydrogen) atoms. The summed E-state index contributed by atoms with van der Waals surface area (Å²) in [5, 5.41) is 4.12. The molecule has 0 saturated carbocycles. The highest BCUT2D eigenvalue weighted by Crippen LogP contribution is 2.22. The molecular weight excluding hydrogens is 299 g/mol. The molecule has 1 atom stereocenters. The highest BCUT2D eigenvalue weighted by Gasteiger charge is 2.34. The summed E-state index contributed by atoms with van der Waals surface area (Å²) < 4.78 is 37.3. The van der Waals surface area contributed by atoms with Gasteiger partial charge in [-0.1, -0.05) is 11.6 Å². The van der Waals surface area contributed by atoms with E-state index in [9.17, 15) is 13.2 Å². The molecule has 0 spiro atoms. The average molecular weight is 314 g/mol. The topological polar surface area (TPSA) is 28.2 Å². The molecule has 2 rings (SSSR count). The van der Waals surface area contributed by atoms with Crippen molar-refractivity contribution in [1.29, 1.82) is 0 Å². The van der Waals surface area contributed by atoms with Crippen molar-refractivity contribution in [3.63, 3.8) is 0 Å². The van der Waals surface area contributed by atoms with Crippen LogP contribution in [0.1, 0.15) is 11.4 Å². The van der Waals surface area contributed by atoms with Crippen molar-refractivity contribution >= 4 is 22.9 Å². The Morgan fingerprint density at radius 2 is 2.32 bits per heavy atom.